The van der Waals surface area contributed by atoms with E-state index >= 15 is 0 Å². The van der Waals surface area contributed by atoms with Crippen LogP contribution in [-0.4, -0.2) is 12.1 Å². The van der Waals surface area contributed by atoms with Crippen LogP contribution in [0.1, 0.15) is 79.1 Å². The summed E-state index contributed by atoms with van der Waals surface area (Å²) >= 11 is 0. The lowest BCUT2D eigenvalue weighted by Gasteiger charge is -2.42. The molecule has 3 saturated carbocycles. The van der Waals surface area contributed by atoms with Crippen molar-refractivity contribution in [3.8, 4) is 0 Å². The number of rotatable bonds is 3. The van der Waals surface area contributed by atoms with E-state index in [1.807, 2.05) is 0 Å². The molecule has 0 saturated heterocycles. The first-order chi connectivity index (χ1) is 8.97. The van der Waals surface area contributed by atoms with Crippen LogP contribution in [0.3, 0.4) is 0 Å². The minimum Gasteiger partial charge on any atom is -0.311 e. The number of nitrogens with one attached hydrogen (secondary N) is 1. The third kappa shape index (κ3) is 2.07. The maximum Gasteiger partial charge on any atom is 0.0131 e. The second kappa shape index (κ2) is 4.76. The zero-order chi connectivity index (χ0) is 13.7. The highest BCUT2D eigenvalue weighted by molar-refractivity contribution is 5.13. The van der Waals surface area contributed by atoms with Crippen molar-refractivity contribution >= 4 is 0 Å². The Kier molecular flexibility index (Phi) is 3.48. The average molecular weight is 263 g/mol. The summed E-state index contributed by atoms with van der Waals surface area (Å²) in [4.78, 5) is 0. The van der Waals surface area contributed by atoms with Crippen LogP contribution < -0.4 is 5.32 Å². The quantitative estimate of drug-likeness (QED) is 0.774. The van der Waals surface area contributed by atoms with Gasteiger partial charge in [0.2, 0.25) is 0 Å². The molecule has 0 radical (unpaired) electrons. The molecule has 0 heterocycles. The highest BCUT2D eigenvalue weighted by atomic mass is 15.0. The van der Waals surface area contributed by atoms with Gasteiger partial charge in [-0.25, -0.2) is 0 Å². The topological polar surface area (TPSA) is 12.0 Å². The monoisotopic (exact) mass is 263 g/mol. The van der Waals surface area contributed by atoms with Crippen molar-refractivity contribution in [2.24, 2.45) is 22.7 Å². The summed E-state index contributed by atoms with van der Waals surface area (Å²) in [7, 11) is 0. The van der Waals surface area contributed by atoms with Gasteiger partial charge in [-0.05, 0) is 54.8 Å². The van der Waals surface area contributed by atoms with Crippen LogP contribution in [0.5, 0.6) is 0 Å². The smallest absolute Gasteiger partial charge is 0.0131 e. The molecular weight excluding hydrogens is 230 g/mol. The molecule has 5 atom stereocenters. The van der Waals surface area contributed by atoms with Crippen LogP contribution in [0.15, 0.2) is 0 Å². The van der Waals surface area contributed by atoms with E-state index in [1.54, 1.807) is 0 Å². The van der Waals surface area contributed by atoms with Crippen LogP contribution in [-0.2, 0) is 0 Å². The predicted molar refractivity (Wildman–Crippen MR) is 82.2 cm³/mol. The molecule has 0 aromatic carbocycles. The molecule has 0 aromatic rings. The summed E-state index contributed by atoms with van der Waals surface area (Å²) in [5, 5.41) is 4.11. The van der Waals surface area contributed by atoms with Gasteiger partial charge in [0.05, 0.1) is 0 Å². The Bertz CT molecular complexity index is 335. The van der Waals surface area contributed by atoms with Crippen molar-refractivity contribution in [1.29, 1.82) is 0 Å². The van der Waals surface area contributed by atoms with Gasteiger partial charge in [0.15, 0.2) is 0 Å². The fraction of sp³-hybridized carbons (Fsp3) is 1.00. The van der Waals surface area contributed by atoms with E-state index < -0.39 is 0 Å². The van der Waals surface area contributed by atoms with Crippen molar-refractivity contribution in [1.82, 2.24) is 5.32 Å². The van der Waals surface area contributed by atoms with Crippen LogP contribution >= 0.6 is 0 Å². The molecule has 2 bridgehead atoms. The van der Waals surface area contributed by atoms with E-state index in [-0.39, 0.29) is 0 Å². The first kappa shape index (κ1) is 13.9. The van der Waals surface area contributed by atoms with E-state index in [1.165, 1.54) is 51.4 Å². The largest absolute Gasteiger partial charge is 0.311 e. The highest BCUT2D eigenvalue weighted by Gasteiger charge is 2.61. The molecule has 1 heteroatoms. The number of fused-ring (bicyclic) bond motifs is 2. The van der Waals surface area contributed by atoms with Crippen molar-refractivity contribution in [2.75, 3.05) is 0 Å². The molecule has 0 amide bonds. The lowest BCUT2D eigenvalue weighted by atomic mass is 9.69. The second-order valence-corrected chi connectivity index (χ2v) is 8.47. The average Bonchev–Trinajstić information content (AvgIpc) is 2.72. The summed E-state index contributed by atoms with van der Waals surface area (Å²) in [6.45, 7) is 10.00. The lowest BCUT2D eigenvalue weighted by Crippen LogP contribution is -2.49. The van der Waals surface area contributed by atoms with Gasteiger partial charge >= 0.3 is 0 Å². The van der Waals surface area contributed by atoms with Crippen molar-refractivity contribution < 1.29 is 0 Å². The minimum atomic E-state index is 0.552. The van der Waals surface area contributed by atoms with Crippen molar-refractivity contribution in [3.05, 3.63) is 0 Å². The maximum atomic E-state index is 4.11. The van der Waals surface area contributed by atoms with Gasteiger partial charge in [0, 0.05) is 12.1 Å². The van der Waals surface area contributed by atoms with Crippen molar-refractivity contribution in [2.45, 2.75) is 91.1 Å². The molecule has 0 aromatic heterocycles. The molecule has 110 valence electrons. The Labute approximate surface area is 119 Å². The van der Waals surface area contributed by atoms with E-state index in [0.29, 0.717) is 10.8 Å². The Morgan fingerprint density at radius 3 is 2.42 bits per heavy atom. The predicted octanol–water partition coefficient (Wildman–Crippen LogP) is 4.76. The van der Waals surface area contributed by atoms with Gasteiger partial charge < -0.3 is 5.32 Å². The van der Waals surface area contributed by atoms with Crippen LogP contribution in [0.25, 0.3) is 0 Å². The third-order valence-corrected chi connectivity index (χ3v) is 7.59. The standard InChI is InChI=1S/C18H33N/c1-5-13-7-6-8-15(11-13)19-16-12-14-9-10-18(16,4)17(14,2)3/h13-16,19H,5-12H2,1-4H3. The summed E-state index contributed by atoms with van der Waals surface area (Å²) in [6, 6.07) is 1.61. The molecule has 5 unspecified atom stereocenters. The van der Waals surface area contributed by atoms with Gasteiger partial charge in [-0.1, -0.05) is 47.0 Å². The molecule has 3 fully saturated rings. The first-order valence-corrected chi connectivity index (χ1v) is 8.73. The minimum absolute atomic E-state index is 0.552. The maximum absolute atomic E-state index is 4.11. The van der Waals surface area contributed by atoms with Gasteiger partial charge in [-0.3, -0.25) is 0 Å². The van der Waals surface area contributed by atoms with Crippen LogP contribution in [0.2, 0.25) is 0 Å². The molecule has 0 aliphatic heterocycles. The van der Waals surface area contributed by atoms with Gasteiger partial charge in [0.1, 0.15) is 0 Å². The SMILES string of the molecule is CCC1CCCC(NC2CC3CCC2(C)C3(C)C)C1. The summed E-state index contributed by atoms with van der Waals surface area (Å²) in [6.07, 6.45) is 11.5. The number of hydrogen-bond acceptors (Lipinski definition) is 1. The van der Waals surface area contributed by atoms with E-state index in [0.717, 1.165) is 23.9 Å². The molecule has 19 heavy (non-hydrogen) atoms. The Balaban J connectivity index is 1.65. The van der Waals surface area contributed by atoms with Gasteiger partial charge in [-0.15, -0.1) is 0 Å². The fourth-order valence-electron chi connectivity index (χ4n) is 5.55. The molecule has 3 aliphatic rings. The van der Waals surface area contributed by atoms with E-state index in [4.69, 9.17) is 0 Å². The Morgan fingerprint density at radius 1 is 1.05 bits per heavy atom. The molecule has 3 aliphatic carbocycles. The Hall–Kier alpha value is -0.0400. The lowest BCUT2D eigenvalue weighted by molar-refractivity contribution is 0.107. The van der Waals surface area contributed by atoms with E-state index in [9.17, 15) is 0 Å². The Morgan fingerprint density at radius 2 is 1.84 bits per heavy atom. The van der Waals surface area contributed by atoms with Gasteiger partial charge in [-0.2, -0.15) is 0 Å². The highest BCUT2D eigenvalue weighted by Crippen LogP contribution is 2.65. The zero-order valence-electron chi connectivity index (χ0n) is 13.5. The van der Waals surface area contributed by atoms with E-state index in [2.05, 4.69) is 33.0 Å². The third-order valence-electron chi connectivity index (χ3n) is 7.59. The summed E-state index contributed by atoms with van der Waals surface area (Å²) < 4.78 is 0. The molecule has 1 N–H and O–H groups in total. The fourth-order valence-corrected chi connectivity index (χ4v) is 5.55. The molecule has 1 nitrogen and oxygen atoms in total. The second-order valence-electron chi connectivity index (χ2n) is 8.47. The van der Waals surface area contributed by atoms with Gasteiger partial charge in [0.25, 0.3) is 0 Å². The molecular formula is C18H33N. The van der Waals surface area contributed by atoms with Crippen LogP contribution in [0.4, 0.5) is 0 Å². The molecule has 3 rings (SSSR count). The summed E-state index contributed by atoms with van der Waals surface area (Å²) in [5.74, 6) is 1.96. The molecule has 0 spiro atoms. The summed E-state index contributed by atoms with van der Waals surface area (Å²) in [5.41, 5.74) is 1.11. The van der Waals surface area contributed by atoms with Crippen LogP contribution in [0, 0.1) is 22.7 Å². The normalized spacial score (nSPS) is 48.6. The first-order valence-electron chi connectivity index (χ1n) is 8.73. The van der Waals surface area contributed by atoms with Crippen molar-refractivity contribution in [3.63, 3.8) is 0 Å². The zero-order valence-corrected chi connectivity index (χ0v) is 13.5. The number of hydrogen-bond donors (Lipinski definition) is 1.